The van der Waals surface area contributed by atoms with E-state index in [1.54, 1.807) is 0 Å². The lowest BCUT2D eigenvalue weighted by Crippen LogP contribution is -2.42. The molecular formula is C16H23NO. The van der Waals surface area contributed by atoms with E-state index in [-0.39, 0.29) is 6.10 Å². The van der Waals surface area contributed by atoms with Crippen LogP contribution in [0.2, 0.25) is 0 Å². The first-order chi connectivity index (χ1) is 8.66. The number of benzene rings is 1. The van der Waals surface area contributed by atoms with Crippen LogP contribution in [0.1, 0.15) is 43.9 Å². The molecule has 0 amide bonds. The first-order valence-corrected chi connectivity index (χ1v) is 7.18. The molecule has 2 aliphatic rings. The number of nitrogens with zero attached hydrogens (tertiary/aromatic N) is 1. The van der Waals surface area contributed by atoms with Gasteiger partial charge in [-0.05, 0) is 36.3 Å². The SMILES string of the molecule is CC(C)CN(C1CC1)C1Cc2ccccc2C1O. The zero-order chi connectivity index (χ0) is 12.7. The van der Waals surface area contributed by atoms with Crippen molar-refractivity contribution in [2.75, 3.05) is 6.54 Å². The van der Waals surface area contributed by atoms with Gasteiger partial charge in [0.25, 0.3) is 0 Å². The summed E-state index contributed by atoms with van der Waals surface area (Å²) in [5.74, 6) is 0.668. The lowest BCUT2D eigenvalue weighted by Gasteiger charge is -2.32. The molecule has 0 heterocycles. The smallest absolute Gasteiger partial charge is 0.0951 e. The molecule has 0 saturated heterocycles. The van der Waals surface area contributed by atoms with E-state index in [4.69, 9.17) is 0 Å². The Kier molecular flexibility index (Phi) is 3.16. The van der Waals surface area contributed by atoms with E-state index in [2.05, 4.69) is 36.9 Å². The minimum Gasteiger partial charge on any atom is -0.387 e. The van der Waals surface area contributed by atoms with Crippen LogP contribution in [-0.2, 0) is 6.42 Å². The van der Waals surface area contributed by atoms with E-state index in [1.807, 2.05) is 6.07 Å². The highest BCUT2D eigenvalue weighted by molar-refractivity contribution is 5.36. The quantitative estimate of drug-likeness (QED) is 0.881. The molecule has 2 unspecified atom stereocenters. The average molecular weight is 245 g/mol. The predicted octanol–water partition coefficient (Wildman–Crippen LogP) is 2.77. The molecule has 2 nitrogen and oxygen atoms in total. The standard InChI is InChI=1S/C16H23NO/c1-11(2)10-17(13-7-8-13)15-9-12-5-3-4-6-14(12)16(15)18/h3-6,11,13,15-16,18H,7-10H2,1-2H3. The Bertz CT molecular complexity index is 425. The molecule has 1 N–H and O–H groups in total. The molecule has 18 heavy (non-hydrogen) atoms. The van der Waals surface area contributed by atoms with Gasteiger partial charge in [0, 0.05) is 18.6 Å². The van der Waals surface area contributed by atoms with Gasteiger partial charge in [0.15, 0.2) is 0 Å². The fraction of sp³-hybridized carbons (Fsp3) is 0.625. The molecule has 2 heteroatoms. The zero-order valence-electron chi connectivity index (χ0n) is 11.3. The van der Waals surface area contributed by atoms with Crippen LogP contribution in [0.3, 0.4) is 0 Å². The van der Waals surface area contributed by atoms with Gasteiger partial charge in [-0.25, -0.2) is 0 Å². The molecule has 0 radical (unpaired) electrons. The maximum Gasteiger partial charge on any atom is 0.0951 e. The Morgan fingerprint density at radius 2 is 2.00 bits per heavy atom. The van der Waals surface area contributed by atoms with Gasteiger partial charge in [0.1, 0.15) is 0 Å². The van der Waals surface area contributed by atoms with Gasteiger partial charge in [0.05, 0.1) is 6.10 Å². The van der Waals surface area contributed by atoms with Gasteiger partial charge in [0.2, 0.25) is 0 Å². The van der Waals surface area contributed by atoms with Crippen molar-refractivity contribution in [2.24, 2.45) is 5.92 Å². The van der Waals surface area contributed by atoms with Gasteiger partial charge in [-0.3, -0.25) is 4.90 Å². The highest BCUT2D eigenvalue weighted by Crippen LogP contribution is 2.39. The second-order valence-corrected chi connectivity index (χ2v) is 6.24. The van der Waals surface area contributed by atoms with E-state index in [0.29, 0.717) is 12.0 Å². The Morgan fingerprint density at radius 3 is 2.61 bits per heavy atom. The monoisotopic (exact) mass is 245 g/mol. The maximum absolute atomic E-state index is 10.6. The Balaban J connectivity index is 1.81. The molecule has 1 aromatic carbocycles. The third-order valence-corrected chi connectivity index (χ3v) is 4.19. The largest absolute Gasteiger partial charge is 0.387 e. The second kappa shape index (κ2) is 4.67. The van der Waals surface area contributed by atoms with Crippen molar-refractivity contribution in [3.8, 4) is 0 Å². The maximum atomic E-state index is 10.6. The highest BCUT2D eigenvalue weighted by Gasteiger charge is 2.41. The normalized spacial score (nSPS) is 26.9. The molecule has 0 aliphatic heterocycles. The van der Waals surface area contributed by atoms with Crippen molar-refractivity contribution < 1.29 is 5.11 Å². The number of aliphatic hydroxyl groups excluding tert-OH is 1. The second-order valence-electron chi connectivity index (χ2n) is 6.24. The van der Waals surface area contributed by atoms with Gasteiger partial charge in [-0.2, -0.15) is 0 Å². The molecule has 0 spiro atoms. The van der Waals surface area contributed by atoms with Crippen molar-refractivity contribution in [1.29, 1.82) is 0 Å². The van der Waals surface area contributed by atoms with Crippen LogP contribution in [0.4, 0.5) is 0 Å². The first-order valence-electron chi connectivity index (χ1n) is 7.18. The molecule has 1 fully saturated rings. The summed E-state index contributed by atoms with van der Waals surface area (Å²) in [5, 5.41) is 10.6. The van der Waals surface area contributed by atoms with E-state index >= 15 is 0 Å². The van der Waals surface area contributed by atoms with E-state index < -0.39 is 0 Å². The van der Waals surface area contributed by atoms with Crippen molar-refractivity contribution >= 4 is 0 Å². The van der Waals surface area contributed by atoms with Crippen molar-refractivity contribution in [1.82, 2.24) is 4.90 Å². The first kappa shape index (κ1) is 12.2. The van der Waals surface area contributed by atoms with Crippen LogP contribution in [0.25, 0.3) is 0 Å². The summed E-state index contributed by atoms with van der Waals surface area (Å²) in [6, 6.07) is 9.39. The molecule has 2 atom stereocenters. The zero-order valence-corrected chi connectivity index (χ0v) is 11.3. The highest BCUT2D eigenvalue weighted by atomic mass is 16.3. The predicted molar refractivity (Wildman–Crippen MR) is 73.5 cm³/mol. The third-order valence-electron chi connectivity index (χ3n) is 4.19. The Morgan fingerprint density at radius 1 is 1.28 bits per heavy atom. The number of fused-ring (bicyclic) bond motifs is 1. The molecule has 0 aromatic heterocycles. The molecule has 1 aromatic rings. The van der Waals surface area contributed by atoms with Crippen molar-refractivity contribution in [3.63, 3.8) is 0 Å². The topological polar surface area (TPSA) is 23.5 Å². The molecular weight excluding hydrogens is 222 g/mol. The lowest BCUT2D eigenvalue weighted by molar-refractivity contribution is 0.0485. The number of hydrogen-bond donors (Lipinski definition) is 1. The minimum atomic E-state index is -0.291. The summed E-state index contributed by atoms with van der Waals surface area (Å²) in [7, 11) is 0. The van der Waals surface area contributed by atoms with Gasteiger partial charge < -0.3 is 5.11 Å². The fourth-order valence-electron chi connectivity index (χ4n) is 3.23. The summed E-state index contributed by atoms with van der Waals surface area (Å²) in [4.78, 5) is 2.56. The van der Waals surface area contributed by atoms with E-state index in [0.717, 1.165) is 24.6 Å². The van der Waals surface area contributed by atoms with Crippen LogP contribution in [-0.4, -0.2) is 28.6 Å². The Hall–Kier alpha value is -0.860. The average Bonchev–Trinajstić information content (AvgIpc) is 3.12. The van der Waals surface area contributed by atoms with Crippen LogP contribution in [0, 0.1) is 5.92 Å². The van der Waals surface area contributed by atoms with Crippen LogP contribution in [0.5, 0.6) is 0 Å². The van der Waals surface area contributed by atoms with Crippen LogP contribution >= 0.6 is 0 Å². The van der Waals surface area contributed by atoms with Gasteiger partial charge in [-0.15, -0.1) is 0 Å². The van der Waals surface area contributed by atoms with Crippen LogP contribution < -0.4 is 0 Å². The minimum absolute atomic E-state index is 0.291. The molecule has 2 aliphatic carbocycles. The molecule has 98 valence electrons. The summed E-state index contributed by atoms with van der Waals surface area (Å²) in [5.41, 5.74) is 2.49. The van der Waals surface area contributed by atoms with Crippen LogP contribution in [0.15, 0.2) is 24.3 Å². The van der Waals surface area contributed by atoms with Gasteiger partial charge >= 0.3 is 0 Å². The third kappa shape index (κ3) is 2.19. The van der Waals surface area contributed by atoms with E-state index in [1.165, 1.54) is 18.4 Å². The summed E-state index contributed by atoms with van der Waals surface area (Å²) >= 11 is 0. The van der Waals surface area contributed by atoms with E-state index in [9.17, 15) is 5.11 Å². The number of rotatable bonds is 4. The summed E-state index contributed by atoms with van der Waals surface area (Å²) in [6.45, 7) is 5.65. The fourth-order valence-corrected chi connectivity index (χ4v) is 3.23. The number of aliphatic hydroxyl groups is 1. The molecule has 3 rings (SSSR count). The van der Waals surface area contributed by atoms with Gasteiger partial charge in [-0.1, -0.05) is 38.1 Å². The lowest BCUT2D eigenvalue weighted by atomic mass is 10.1. The molecule has 1 saturated carbocycles. The summed E-state index contributed by atoms with van der Waals surface area (Å²) < 4.78 is 0. The van der Waals surface area contributed by atoms with Crippen molar-refractivity contribution in [3.05, 3.63) is 35.4 Å². The number of hydrogen-bond acceptors (Lipinski definition) is 2. The Labute approximate surface area is 110 Å². The molecule has 0 bridgehead atoms. The van der Waals surface area contributed by atoms with Crippen molar-refractivity contribution in [2.45, 2.75) is 51.3 Å². The summed E-state index contributed by atoms with van der Waals surface area (Å²) in [6.07, 6.45) is 3.35.